The van der Waals surface area contributed by atoms with Crippen LogP contribution in [0, 0.1) is 17.2 Å². The summed E-state index contributed by atoms with van der Waals surface area (Å²) in [6.45, 7) is 5.09. The molecule has 1 aromatic carbocycles. The van der Waals surface area contributed by atoms with Gasteiger partial charge < -0.3 is 5.43 Å². The SMILES string of the molecule is C[C@@H]1CN(Cc2ccccc2)CC1C(=N)NN. The van der Waals surface area contributed by atoms with Crippen LogP contribution in [0.1, 0.15) is 12.5 Å². The fourth-order valence-electron chi connectivity index (χ4n) is 2.52. The second-order valence-corrected chi connectivity index (χ2v) is 4.82. The Morgan fingerprint density at radius 2 is 2.12 bits per heavy atom. The van der Waals surface area contributed by atoms with Crippen molar-refractivity contribution in [1.29, 1.82) is 5.41 Å². The van der Waals surface area contributed by atoms with E-state index >= 15 is 0 Å². The highest BCUT2D eigenvalue weighted by molar-refractivity contribution is 5.81. The molecule has 4 N–H and O–H groups in total. The molecule has 1 unspecified atom stereocenters. The molecule has 0 bridgehead atoms. The van der Waals surface area contributed by atoms with Crippen LogP contribution in [0.15, 0.2) is 30.3 Å². The van der Waals surface area contributed by atoms with Gasteiger partial charge in [-0.15, -0.1) is 0 Å². The summed E-state index contributed by atoms with van der Waals surface area (Å²) >= 11 is 0. The number of hydrogen-bond donors (Lipinski definition) is 3. The molecule has 0 saturated carbocycles. The third kappa shape index (κ3) is 2.84. The number of nitrogens with zero attached hydrogens (tertiary/aromatic N) is 1. The van der Waals surface area contributed by atoms with Gasteiger partial charge in [-0.25, -0.2) is 5.84 Å². The summed E-state index contributed by atoms with van der Waals surface area (Å²) in [5.41, 5.74) is 3.80. The standard InChI is InChI=1S/C13H20N4/c1-10-7-17(9-12(10)13(14)16-15)8-11-5-3-2-4-6-11/h2-6,10,12H,7-9,15H2,1H3,(H2,14,16)/t10-,12?/m1/s1. The first-order valence-corrected chi connectivity index (χ1v) is 6.02. The van der Waals surface area contributed by atoms with Crippen LogP contribution in [0.4, 0.5) is 0 Å². The molecule has 1 heterocycles. The lowest BCUT2D eigenvalue weighted by molar-refractivity contribution is 0.318. The Balaban J connectivity index is 1.95. The van der Waals surface area contributed by atoms with Gasteiger partial charge in [-0.2, -0.15) is 0 Å². The Bertz CT molecular complexity index is 376. The number of likely N-dealkylation sites (tertiary alicyclic amines) is 1. The minimum atomic E-state index is 0.240. The number of hydrogen-bond acceptors (Lipinski definition) is 3. The highest BCUT2D eigenvalue weighted by Gasteiger charge is 2.32. The largest absolute Gasteiger partial charge is 0.312 e. The minimum Gasteiger partial charge on any atom is -0.312 e. The van der Waals surface area contributed by atoms with Crippen LogP contribution < -0.4 is 11.3 Å². The lowest BCUT2D eigenvalue weighted by atomic mass is 9.97. The molecule has 2 rings (SSSR count). The van der Waals surface area contributed by atoms with Crippen molar-refractivity contribution in [3.8, 4) is 0 Å². The fraction of sp³-hybridized carbons (Fsp3) is 0.462. The molecule has 0 amide bonds. The number of nitrogens with two attached hydrogens (primary N) is 1. The summed E-state index contributed by atoms with van der Waals surface area (Å²) in [6, 6.07) is 10.5. The second-order valence-electron chi connectivity index (χ2n) is 4.82. The van der Waals surface area contributed by atoms with Crippen molar-refractivity contribution in [3.05, 3.63) is 35.9 Å². The number of nitrogens with one attached hydrogen (secondary N) is 2. The first-order chi connectivity index (χ1) is 8.20. The zero-order chi connectivity index (χ0) is 12.3. The molecule has 17 heavy (non-hydrogen) atoms. The van der Waals surface area contributed by atoms with Crippen molar-refractivity contribution in [2.45, 2.75) is 13.5 Å². The molecule has 92 valence electrons. The Kier molecular flexibility index (Phi) is 3.76. The lowest BCUT2D eigenvalue weighted by Crippen LogP contribution is -2.38. The number of hydrazine groups is 1. The predicted octanol–water partition coefficient (Wildman–Crippen LogP) is 1.20. The average molecular weight is 232 g/mol. The Hall–Kier alpha value is -1.39. The number of rotatable bonds is 3. The van der Waals surface area contributed by atoms with E-state index in [9.17, 15) is 0 Å². The summed E-state index contributed by atoms with van der Waals surface area (Å²) in [5, 5.41) is 7.77. The number of benzene rings is 1. The van der Waals surface area contributed by atoms with E-state index in [2.05, 4.69) is 41.5 Å². The third-order valence-corrected chi connectivity index (χ3v) is 3.46. The monoisotopic (exact) mass is 232 g/mol. The molecule has 2 atom stereocenters. The van der Waals surface area contributed by atoms with Crippen molar-refractivity contribution in [1.82, 2.24) is 10.3 Å². The minimum absolute atomic E-state index is 0.240. The molecule has 1 fully saturated rings. The highest BCUT2D eigenvalue weighted by Crippen LogP contribution is 2.24. The predicted molar refractivity (Wildman–Crippen MR) is 69.4 cm³/mol. The molecule has 1 aromatic rings. The Morgan fingerprint density at radius 1 is 1.41 bits per heavy atom. The summed E-state index contributed by atoms with van der Waals surface area (Å²) < 4.78 is 0. The van der Waals surface area contributed by atoms with Gasteiger partial charge in [0.15, 0.2) is 0 Å². The normalized spacial score (nSPS) is 24.8. The molecule has 1 aliphatic rings. The summed E-state index contributed by atoms with van der Waals surface area (Å²) in [4.78, 5) is 2.39. The quantitative estimate of drug-likeness (QED) is 0.317. The van der Waals surface area contributed by atoms with Crippen molar-refractivity contribution in [3.63, 3.8) is 0 Å². The maximum absolute atomic E-state index is 7.77. The molecule has 0 spiro atoms. The Labute approximate surface area is 102 Å². The van der Waals surface area contributed by atoms with Gasteiger partial charge in [0.25, 0.3) is 0 Å². The maximum atomic E-state index is 7.77. The summed E-state index contributed by atoms with van der Waals surface area (Å²) in [5.74, 6) is 6.50. The van der Waals surface area contributed by atoms with Crippen LogP contribution in [-0.4, -0.2) is 23.8 Å². The van der Waals surface area contributed by atoms with Gasteiger partial charge in [-0.1, -0.05) is 37.3 Å². The zero-order valence-corrected chi connectivity index (χ0v) is 10.2. The van der Waals surface area contributed by atoms with E-state index in [1.165, 1.54) is 5.56 Å². The summed E-state index contributed by atoms with van der Waals surface area (Å²) in [6.07, 6.45) is 0. The molecular formula is C13H20N4. The van der Waals surface area contributed by atoms with Gasteiger partial charge in [0.1, 0.15) is 5.84 Å². The van der Waals surface area contributed by atoms with Gasteiger partial charge in [-0.05, 0) is 11.5 Å². The molecule has 1 aliphatic heterocycles. The van der Waals surface area contributed by atoms with Crippen LogP contribution in [0.25, 0.3) is 0 Å². The van der Waals surface area contributed by atoms with Crippen LogP contribution in [0.3, 0.4) is 0 Å². The molecule has 0 aromatic heterocycles. The van der Waals surface area contributed by atoms with Crippen molar-refractivity contribution >= 4 is 5.84 Å². The van der Waals surface area contributed by atoms with Gasteiger partial charge >= 0.3 is 0 Å². The third-order valence-electron chi connectivity index (χ3n) is 3.46. The first kappa shape index (κ1) is 12.1. The summed E-state index contributed by atoms with van der Waals surface area (Å²) in [7, 11) is 0. The smallest absolute Gasteiger partial charge is 0.112 e. The van der Waals surface area contributed by atoms with Crippen LogP contribution in [0.2, 0.25) is 0 Å². The van der Waals surface area contributed by atoms with Gasteiger partial charge in [0.05, 0.1) is 0 Å². The van der Waals surface area contributed by atoms with Gasteiger partial charge in [0, 0.05) is 25.6 Å². The molecule has 1 saturated heterocycles. The molecule has 4 heteroatoms. The molecule has 4 nitrogen and oxygen atoms in total. The number of amidine groups is 1. The van der Waals surface area contributed by atoms with Crippen LogP contribution in [-0.2, 0) is 6.54 Å². The second kappa shape index (κ2) is 5.29. The van der Waals surface area contributed by atoms with E-state index in [-0.39, 0.29) is 5.92 Å². The average Bonchev–Trinajstić information content (AvgIpc) is 2.70. The topological polar surface area (TPSA) is 65.1 Å². The van der Waals surface area contributed by atoms with E-state index in [0.29, 0.717) is 11.8 Å². The highest BCUT2D eigenvalue weighted by atomic mass is 15.3. The first-order valence-electron chi connectivity index (χ1n) is 6.02. The fourth-order valence-corrected chi connectivity index (χ4v) is 2.52. The van der Waals surface area contributed by atoms with Crippen molar-refractivity contribution in [2.75, 3.05) is 13.1 Å². The lowest BCUT2D eigenvalue weighted by Gasteiger charge is -2.16. The Morgan fingerprint density at radius 3 is 2.76 bits per heavy atom. The van der Waals surface area contributed by atoms with E-state index in [0.717, 1.165) is 19.6 Å². The van der Waals surface area contributed by atoms with Gasteiger partial charge in [-0.3, -0.25) is 10.3 Å². The molecule has 0 aliphatic carbocycles. The van der Waals surface area contributed by atoms with Crippen molar-refractivity contribution < 1.29 is 0 Å². The zero-order valence-electron chi connectivity index (χ0n) is 10.2. The van der Waals surface area contributed by atoms with E-state index in [1.54, 1.807) is 0 Å². The maximum Gasteiger partial charge on any atom is 0.112 e. The van der Waals surface area contributed by atoms with E-state index in [1.807, 2.05) is 6.07 Å². The van der Waals surface area contributed by atoms with Gasteiger partial charge in [0.2, 0.25) is 0 Å². The van der Waals surface area contributed by atoms with E-state index in [4.69, 9.17) is 11.3 Å². The molecule has 0 radical (unpaired) electrons. The van der Waals surface area contributed by atoms with Crippen LogP contribution >= 0.6 is 0 Å². The van der Waals surface area contributed by atoms with Crippen molar-refractivity contribution in [2.24, 2.45) is 17.7 Å². The van der Waals surface area contributed by atoms with Crippen LogP contribution in [0.5, 0.6) is 0 Å². The van der Waals surface area contributed by atoms with E-state index < -0.39 is 0 Å². The molecular weight excluding hydrogens is 212 g/mol.